The molecule has 0 radical (unpaired) electrons. The molecule has 72 valence electrons. The van der Waals surface area contributed by atoms with Gasteiger partial charge in [0.2, 0.25) is 0 Å². The minimum absolute atomic E-state index is 0.234. The molecule has 0 aliphatic heterocycles. The highest BCUT2D eigenvalue weighted by molar-refractivity contribution is 7.10. The molecule has 0 saturated heterocycles. The molecule has 1 N–H and O–H groups in total. The van der Waals surface area contributed by atoms with Gasteiger partial charge in [0.05, 0.1) is 5.54 Å². The fourth-order valence-electron chi connectivity index (χ4n) is 0.932. The summed E-state index contributed by atoms with van der Waals surface area (Å²) in [5, 5.41) is 5.00. The van der Waals surface area contributed by atoms with Crippen LogP contribution < -0.4 is 5.32 Å². The first-order chi connectivity index (χ1) is 6.06. The van der Waals surface area contributed by atoms with E-state index in [1.165, 1.54) is 0 Å². The van der Waals surface area contributed by atoms with Gasteiger partial charge in [0.25, 0.3) is 0 Å². The van der Waals surface area contributed by atoms with Crippen LogP contribution in [0.1, 0.15) is 18.7 Å². The van der Waals surface area contributed by atoms with Crippen molar-refractivity contribution in [3.63, 3.8) is 0 Å². The topological polar surface area (TPSA) is 29.1 Å². The molecule has 0 bridgehead atoms. The van der Waals surface area contributed by atoms with E-state index in [1.807, 2.05) is 38.4 Å². The summed E-state index contributed by atoms with van der Waals surface area (Å²) in [5.41, 5.74) is -0.413. The van der Waals surface area contributed by atoms with Crippen LogP contribution in [-0.2, 0) is 11.2 Å². The number of hydrogen-bond acceptors (Lipinski definition) is 3. The third-order valence-corrected chi connectivity index (χ3v) is 3.11. The van der Waals surface area contributed by atoms with Crippen molar-refractivity contribution in [3.8, 4) is 0 Å². The van der Waals surface area contributed by atoms with Crippen molar-refractivity contribution in [2.75, 3.05) is 7.05 Å². The molecule has 0 unspecified atom stereocenters. The Kier molecular flexibility index (Phi) is 3.22. The largest absolute Gasteiger partial charge is 0.308 e. The van der Waals surface area contributed by atoms with E-state index in [4.69, 9.17) is 0 Å². The number of carbonyl (C=O) groups excluding carboxylic acids is 1. The van der Waals surface area contributed by atoms with Crippen LogP contribution in [0.3, 0.4) is 0 Å². The van der Waals surface area contributed by atoms with Gasteiger partial charge < -0.3 is 5.32 Å². The highest BCUT2D eigenvalue weighted by Gasteiger charge is 2.24. The van der Waals surface area contributed by atoms with Gasteiger partial charge in [0, 0.05) is 11.3 Å². The molecule has 0 fully saturated rings. The van der Waals surface area contributed by atoms with E-state index in [0.29, 0.717) is 6.42 Å². The summed E-state index contributed by atoms with van der Waals surface area (Å²) in [6, 6.07) is 3.97. The molecule has 0 saturated carbocycles. The van der Waals surface area contributed by atoms with Gasteiger partial charge >= 0.3 is 0 Å². The van der Waals surface area contributed by atoms with Crippen molar-refractivity contribution >= 4 is 17.1 Å². The second-order valence-corrected chi connectivity index (χ2v) is 4.59. The lowest BCUT2D eigenvalue weighted by Gasteiger charge is -2.21. The lowest BCUT2D eigenvalue weighted by molar-refractivity contribution is -0.123. The van der Waals surface area contributed by atoms with Gasteiger partial charge in [-0.15, -0.1) is 11.3 Å². The first-order valence-electron chi connectivity index (χ1n) is 4.31. The van der Waals surface area contributed by atoms with E-state index in [1.54, 1.807) is 11.3 Å². The Morgan fingerprint density at radius 1 is 1.62 bits per heavy atom. The second-order valence-electron chi connectivity index (χ2n) is 3.55. The van der Waals surface area contributed by atoms with Crippen LogP contribution in [0.25, 0.3) is 0 Å². The van der Waals surface area contributed by atoms with Crippen molar-refractivity contribution in [3.05, 3.63) is 22.4 Å². The third-order valence-electron chi connectivity index (χ3n) is 2.24. The normalized spacial score (nSPS) is 11.6. The maximum absolute atomic E-state index is 11.7. The van der Waals surface area contributed by atoms with E-state index in [0.717, 1.165) is 4.88 Å². The molecular formula is C10H15NOS. The van der Waals surface area contributed by atoms with E-state index in [-0.39, 0.29) is 5.78 Å². The summed E-state index contributed by atoms with van der Waals surface area (Å²) in [6.07, 6.45) is 0.533. The number of hydrogen-bond donors (Lipinski definition) is 1. The fourth-order valence-corrected chi connectivity index (χ4v) is 1.64. The Balaban J connectivity index is 2.61. The SMILES string of the molecule is CNC(C)(C)C(=O)Cc1cccs1. The van der Waals surface area contributed by atoms with Crippen LogP contribution >= 0.6 is 11.3 Å². The first-order valence-corrected chi connectivity index (χ1v) is 5.19. The maximum atomic E-state index is 11.7. The molecule has 0 aromatic carbocycles. The van der Waals surface area contributed by atoms with Crippen molar-refractivity contribution in [2.24, 2.45) is 0 Å². The zero-order valence-corrected chi connectivity index (χ0v) is 9.07. The molecule has 0 atom stereocenters. The Morgan fingerprint density at radius 2 is 2.31 bits per heavy atom. The van der Waals surface area contributed by atoms with Gasteiger partial charge in [-0.05, 0) is 32.3 Å². The number of nitrogens with one attached hydrogen (secondary N) is 1. The lowest BCUT2D eigenvalue weighted by atomic mass is 9.96. The summed E-state index contributed by atoms with van der Waals surface area (Å²) in [6.45, 7) is 3.81. The third kappa shape index (κ3) is 2.64. The number of likely N-dealkylation sites (N-methyl/N-ethyl adjacent to an activating group) is 1. The van der Waals surface area contributed by atoms with Crippen molar-refractivity contribution < 1.29 is 4.79 Å². The zero-order chi connectivity index (χ0) is 9.90. The fraction of sp³-hybridized carbons (Fsp3) is 0.500. The Labute approximate surface area is 83.0 Å². The van der Waals surface area contributed by atoms with Crippen LogP contribution in [0.4, 0.5) is 0 Å². The van der Waals surface area contributed by atoms with Gasteiger partial charge in [-0.1, -0.05) is 6.07 Å². The van der Waals surface area contributed by atoms with Crippen molar-refractivity contribution in [1.82, 2.24) is 5.32 Å². The molecule has 13 heavy (non-hydrogen) atoms. The van der Waals surface area contributed by atoms with Crippen LogP contribution in [0.15, 0.2) is 17.5 Å². The molecule has 1 rings (SSSR count). The van der Waals surface area contributed by atoms with E-state index in [9.17, 15) is 4.79 Å². The number of thiophene rings is 1. The predicted molar refractivity (Wildman–Crippen MR) is 56.2 cm³/mol. The highest BCUT2D eigenvalue weighted by Crippen LogP contribution is 2.13. The first kappa shape index (κ1) is 10.4. The van der Waals surface area contributed by atoms with Gasteiger partial charge in [-0.2, -0.15) is 0 Å². The van der Waals surface area contributed by atoms with Gasteiger partial charge in [-0.25, -0.2) is 0 Å². The minimum Gasteiger partial charge on any atom is -0.308 e. The molecule has 2 nitrogen and oxygen atoms in total. The number of rotatable bonds is 4. The molecule has 0 spiro atoms. The van der Waals surface area contributed by atoms with Crippen molar-refractivity contribution in [2.45, 2.75) is 25.8 Å². The summed E-state index contributed by atoms with van der Waals surface area (Å²) < 4.78 is 0. The summed E-state index contributed by atoms with van der Waals surface area (Å²) in [7, 11) is 1.81. The van der Waals surface area contributed by atoms with Gasteiger partial charge in [0.15, 0.2) is 5.78 Å². The number of Topliss-reactive ketones (excluding diaryl/α,β-unsaturated/α-hetero) is 1. The molecule has 0 aliphatic rings. The second kappa shape index (κ2) is 4.03. The van der Waals surface area contributed by atoms with E-state index in [2.05, 4.69) is 5.32 Å². The molecule has 1 aromatic rings. The molecule has 1 aromatic heterocycles. The molecule has 0 amide bonds. The average molecular weight is 197 g/mol. The van der Waals surface area contributed by atoms with Crippen molar-refractivity contribution in [1.29, 1.82) is 0 Å². The standard InChI is InChI=1S/C10H15NOS/c1-10(2,11-3)9(12)7-8-5-4-6-13-8/h4-6,11H,7H2,1-3H3. The summed E-state index contributed by atoms with van der Waals surface area (Å²) in [5.74, 6) is 0.234. The molecular weight excluding hydrogens is 182 g/mol. The number of ketones is 1. The monoisotopic (exact) mass is 197 g/mol. The Bertz CT molecular complexity index is 277. The molecule has 1 heterocycles. The van der Waals surface area contributed by atoms with Crippen LogP contribution in [0.5, 0.6) is 0 Å². The quantitative estimate of drug-likeness (QED) is 0.798. The number of carbonyl (C=O) groups is 1. The maximum Gasteiger partial charge on any atom is 0.157 e. The predicted octanol–water partition coefficient (Wildman–Crippen LogP) is 1.86. The van der Waals surface area contributed by atoms with E-state index < -0.39 is 5.54 Å². The zero-order valence-electron chi connectivity index (χ0n) is 8.26. The Hall–Kier alpha value is -0.670. The smallest absolute Gasteiger partial charge is 0.157 e. The minimum atomic E-state index is -0.413. The summed E-state index contributed by atoms with van der Waals surface area (Å²) >= 11 is 1.63. The highest BCUT2D eigenvalue weighted by atomic mass is 32.1. The van der Waals surface area contributed by atoms with Crippen LogP contribution in [0, 0.1) is 0 Å². The molecule has 0 aliphatic carbocycles. The lowest BCUT2D eigenvalue weighted by Crippen LogP contribution is -2.45. The Morgan fingerprint density at radius 3 is 2.77 bits per heavy atom. The molecule has 3 heteroatoms. The van der Waals surface area contributed by atoms with Gasteiger partial charge in [0.1, 0.15) is 0 Å². The average Bonchev–Trinajstić information content (AvgIpc) is 2.57. The summed E-state index contributed by atoms with van der Waals surface area (Å²) in [4.78, 5) is 12.8. The van der Waals surface area contributed by atoms with Crippen LogP contribution in [0.2, 0.25) is 0 Å². The van der Waals surface area contributed by atoms with Crippen LogP contribution in [-0.4, -0.2) is 18.4 Å². The van der Waals surface area contributed by atoms with E-state index >= 15 is 0 Å². The van der Waals surface area contributed by atoms with Gasteiger partial charge in [-0.3, -0.25) is 4.79 Å².